The van der Waals surface area contributed by atoms with Gasteiger partial charge in [-0.3, -0.25) is 13.9 Å². The number of rotatable bonds is 8. The Morgan fingerprint density at radius 1 is 1.39 bits per heavy atom. The Labute approximate surface area is 200 Å². The molecule has 1 aromatic rings. The highest BCUT2D eigenvalue weighted by Gasteiger charge is 2.35. The average Bonchev–Trinajstić information content (AvgIpc) is 3.27. The van der Waals surface area contributed by atoms with Crippen LogP contribution in [-0.4, -0.2) is 50.0 Å². The molecule has 7 heteroatoms. The van der Waals surface area contributed by atoms with Crippen molar-refractivity contribution in [2.24, 2.45) is 0 Å². The number of methoxy groups -OCH3 is 1. The molecule has 1 fully saturated rings. The van der Waals surface area contributed by atoms with Gasteiger partial charge < -0.3 is 14.4 Å². The first-order valence-electron chi connectivity index (χ1n) is 11.4. The standard InChI is InChI=1S/C26H30N2O4S/c1-4-5-12-32-25-21(26(30)27-11-7-9-18(27)16-31-3)13-20-19-10-6-8-17(2)22(19)14-28(33)24(20)23(25)15-29/h6,8,13-15,18,33H,4-5,7,9,11-12,16H2,1-3H3/t18-/m1/s1. The summed E-state index contributed by atoms with van der Waals surface area (Å²) in [6.07, 6.45) is 10.1. The SMILES string of the molecule is CCCCOc1c(C(=O)N2CCC[C@@H]2COC)cc2c(c1C=O)N(S)C=C1C2=C=CC=C1C. The summed E-state index contributed by atoms with van der Waals surface area (Å²) in [7, 11) is 1.65. The number of anilines is 1. The number of hydrogen-bond donors (Lipinski definition) is 1. The number of thiol groups is 1. The molecule has 1 saturated heterocycles. The Hall–Kier alpha value is -2.73. The van der Waals surface area contributed by atoms with Crippen LogP contribution in [0.3, 0.4) is 0 Å². The zero-order valence-corrected chi connectivity index (χ0v) is 20.3. The maximum atomic E-state index is 13.8. The molecule has 0 unspecified atom stereocenters. The second-order valence-electron chi connectivity index (χ2n) is 8.56. The number of likely N-dealkylation sites (tertiary alicyclic amines) is 1. The summed E-state index contributed by atoms with van der Waals surface area (Å²) < 4.78 is 13.1. The second-order valence-corrected chi connectivity index (χ2v) is 8.99. The van der Waals surface area contributed by atoms with E-state index in [4.69, 9.17) is 9.47 Å². The molecule has 0 aromatic heterocycles. The van der Waals surface area contributed by atoms with Crippen LogP contribution in [0.1, 0.15) is 65.8 Å². The lowest BCUT2D eigenvalue weighted by atomic mass is 9.85. The maximum Gasteiger partial charge on any atom is 0.257 e. The zero-order valence-electron chi connectivity index (χ0n) is 19.4. The Morgan fingerprint density at radius 3 is 2.94 bits per heavy atom. The summed E-state index contributed by atoms with van der Waals surface area (Å²) in [5.41, 5.74) is 8.28. The lowest BCUT2D eigenvalue weighted by Crippen LogP contribution is -2.38. The van der Waals surface area contributed by atoms with Crippen molar-refractivity contribution < 1.29 is 19.1 Å². The number of unbranched alkanes of at least 4 members (excludes halogenated alkanes) is 1. The fourth-order valence-electron chi connectivity index (χ4n) is 4.67. The number of ether oxygens (including phenoxy) is 2. The van der Waals surface area contributed by atoms with Gasteiger partial charge in [0.2, 0.25) is 0 Å². The minimum Gasteiger partial charge on any atom is -0.492 e. The highest BCUT2D eigenvalue weighted by Crippen LogP contribution is 2.47. The van der Waals surface area contributed by atoms with E-state index in [-0.39, 0.29) is 11.9 Å². The van der Waals surface area contributed by atoms with Crippen molar-refractivity contribution in [1.82, 2.24) is 4.90 Å². The van der Waals surface area contributed by atoms with Crippen LogP contribution in [-0.2, 0) is 4.74 Å². The molecule has 1 aromatic carbocycles. The summed E-state index contributed by atoms with van der Waals surface area (Å²) in [4.78, 5) is 28.1. The normalized spacial score (nSPS) is 18.9. The van der Waals surface area contributed by atoms with Gasteiger partial charge in [-0.25, -0.2) is 0 Å². The van der Waals surface area contributed by atoms with Gasteiger partial charge in [-0.15, -0.1) is 5.73 Å². The number of benzene rings is 1. The molecule has 1 atom stereocenters. The summed E-state index contributed by atoms with van der Waals surface area (Å²) in [5, 5.41) is 0. The van der Waals surface area contributed by atoms with E-state index >= 15 is 0 Å². The monoisotopic (exact) mass is 466 g/mol. The van der Waals surface area contributed by atoms with Gasteiger partial charge >= 0.3 is 0 Å². The van der Waals surface area contributed by atoms with Gasteiger partial charge in [0, 0.05) is 36.6 Å². The summed E-state index contributed by atoms with van der Waals surface area (Å²) in [6, 6.07) is 1.86. The Bertz CT molecular complexity index is 1100. The first-order valence-corrected chi connectivity index (χ1v) is 11.8. The Kier molecular flexibility index (Phi) is 7.13. The Morgan fingerprint density at radius 2 is 2.21 bits per heavy atom. The number of carbonyl (C=O) groups excluding carboxylic acids is 2. The van der Waals surface area contributed by atoms with Crippen LogP contribution in [0, 0.1) is 0 Å². The molecular weight excluding hydrogens is 436 g/mol. The molecule has 2 aliphatic heterocycles. The van der Waals surface area contributed by atoms with Crippen molar-refractivity contribution in [2.75, 3.05) is 31.2 Å². The predicted molar refractivity (Wildman–Crippen MR) is 133 cm³/mol. The summed E-state index contributed by atoms with van der Waals surface area (Å²) >= 11 is 4.65. The van der Waals surface area contributed by atoms with Crippen LogP contribution in [0.15, 0.2) is 41.3 Å². The molecule has 6 nitrogen and oxygen atoms in total. The molecule has 2 heterocycles. The van der Waals surface area contributed by atoms with Crippen LogP contribution in [0.4, 0.5) is 5.69 Å². The van der Waals surface area contributed by atoms with Crippen LogP contribution >= 0.6 is 12.8 Å². The molecule has 1 aliphatic carbocycles. The number of carbonyl (C=O) groups is 2. The molecule has 0 spiro atoms. The van der Waals surface area contributed by atoms with Crippen LogP contribution in [0.2, 0.25) is 0 Å². The van der Waals surface area contributed by atoms with Gasteiger partial charge in [-0.2, -0.15) is 0 Å². The smallest absolute Gasteiger partial charge is 0.257 e. The quantitative estimate of drug-likeness (QED) is 0.254. The van der Waals surface area contributed by atoms with Gasteiger partial charge in [0.05, 0.1) is 36.1 Å². The van der Waals surface area contributed by atoms with E-state index in [0.717, 1.165) is 54.3 Å². The van der Waals surface area contributed by atoms with Crippen LogP contribution < -0.4 is 9.04 Å². The van der Waals surface area contributed by atoms with Crippen LogP contribution in [0.25, 0.3) is 5.57 Å². The summed E-state index contributed by atoms with van der Waals surface area (Å²) in [6.45, 7) is 5.66. The van der Waals surface area contributed by atoms with Gasteiger partial charge in [-0.1, -0.05) is 32.2 Å². The molecular formula is C26H30N2O4S. The van der Waals surface area contributed by atoms with Crippen molar-refractivity contribution in [3.05, 3.63) is 58.0 Å². The van der Waals surface area contributed by atoms with Crippen molar-refractivity contribution in [3.63, 3.8) is 0 Å². The molecule has 33 heavy (non-hydrogen) atoms. The molecule has 4 rings (SSSR count). The van der Waals surface area contributed by atoms with Gasteiger partial charge in [0.15, 0.2) is 6.29 Å². The molecule has 174 valence electrons. The molecule has 3 aliphatic rings. The topological polar surface area (TPSA) is 59.1 Å². The molecule has 1 amide bonds. The Balaban J connectivity index is 1.89. The molecule has 0 N–H and O–H groups in total. The van der Waals surface area contributed by atoms with E-state index < -0.39 is 0 Å². The highest BCUT2D eigenvalue weighted by atomic mass is 32.1. The second kappa shape index (κ2) is 10.0. The van der Waals surface area contributed by atoms with Crippen molar-refractivity contribution in [1.29, 1.82) is 0 Å². The number of fused-ring (bicyclic) bond motifs is 3. The molecule has 0 radical (unpaired) electrons. The lowest BCUT2D eigenvalue weighted by molar-refractivity contribution is 0.0626. The van der Waals surface area contributed by atoms with E-state index in [9.17, 15) is 9.59 Å². The van der Waals surface area contributed by atoms with E-state index in [2.05, 4.69) is 25.5 Å². The van der Waals surface area contributed by atoms with E-state index in [1.807, 2.05) is 36.2 Å². The number of hydrogen-bond acceptors (Lipinski definition) is 6. The van der Waals surface area contributed by atoms with Gasteiger partial charge in [-0.05, 0) is 43.9 Å². The van der Waals surface area contributed by atoms with E-state index in [0.29, 0.717) is 42.3 Å². The van der Waals surface area contributed by atoms with Crippen molar-refractivity contribution in [2.45, 2.75) is 45.6 Å². The first kappa shape index (κ1) is 23.4. The number of nitrogens with zero attached hydrogens (tertiary/aromatic N) is 2. The largest absolute Gasteiger partial charge is 0.492 e. The third-order valence-electron chi connectivity index (χ3n) is 6.38. The number of aldehydes is 1. The van der Waals surface area contributed by atoms with Gasteiger partial charge in [0.25, 0.3) is 5.91 Å². The molecule has 0 saturated carbocycles. The van der Waals surface area contributed by atoms with Gasteiger partial charge in [0.1, 0.15) is 5.75 Å². The van der Waals surface area contributed by atoms with Crippen molar-refractivity contribution >= 4 is 36.3 Å². The lowest BCUT2D eigenvalue weighted by Gasteiger charge is -2.31. The average molecular weight is 467 g/mol. The van der Waals surface area contributed by atoms with E-state index in [1.165, 1.54) is 0 Å². The zero-order chi connectivity index (χ0) is 23.5. The first-order chi connectivity index (χ1) is 16.0. The van der Waals surface area contributed by atoms with E-state index in [1.54, 1.807) is 11.4 Å². The fraction of sp³-hybridized carbons (Fsp3) is 0.423. The maximum absolute atomic E-state index is 13.8. The minimum absolute atomic E-state index is 0.0116. The third kappa shape index (κ3) is 4.29. The summed E-state index contributed by atoms with van der Waals surface area (Å²) in [5.74, 6) is 0.190. The minimum atomic E-state index is -0.138. The van der Waals surface area contributed by atoms with Crippen LogP contribution in [0.5, 0.6) is 5.75 Å². The fourth-order valence-corrected chi connectivity index (χ4v) is 5.00. The highest BCUT2D eigenvalue weighted by molar-refractivity contribution is 7.82. The predicted octanol–water partition coefficient (Wildman–Crippen LogP) is 4.98. The molecule has 0 bridgehead atoms. The van der Waals surface area contributed by atoms with Crippen molar-refractivity contribution in [3.8, 4) is 5.75 Å². The number of allylic oxidation sites excluding steroid dienone is 4. The third-order valence-corrected chi connectivity index (χ3v) is 6.70. The number of amides is 1.